The number of para-hydroxylation sites is 1. The van der Waals surface area contributed by atoms with E-state index in [-0.39, 0.29) is 5.82 Å². The highest BCUT2D eigenvalue weighted by molar-refractivity contribution is 5.70. The zero-order chi connectivity index (χ0) is 16.8. The number of benzene rings is 3. The lowest BCUT2D eigenvalue weighted by Crippen LogP contribution is -2.29. The van der Waals surface area contributed by atoms with Crippen LogP contribution in [0.25, 0.3) is 28.3 Å². The first-order valence-electron chi connectivity index (χ1n) is 8.36. The largest absolute Gasteiger partial charge is 0.295 e. The van der Waals surface area contributed by atoms with Crippen molar-refractivity contribution >= 4 is 0 Å². The molecule has 0 radical (unpaired) electrons. The highest BCUT2D eigenvalue weighted by Gasteiger charge is 2.33. The van der Waals surface area contributed by atoms with Crippen LogP contribution in [0.1, 0.15) is 5.56 Å². The van der Waals surface area contributed by atoms with Gasteiger partial charge in [0, 0.05) is 11.1 Å². The van der Waals surface area contributed by atoms with E-state index in [1.807, 2.05) is 30.3 Å². The maximum Gasteiger partial charge on any atom is 0.295 e. The summed E-state index contributed by atoms with van der Waals surface area (Å²) in [5.41, 5.74) is 5.75. The van der Waals surface area contributed by atoms with Gasteiger partial charge in [-0.1, -0.05) is 36.4 Å². The van der Waals surface area contributed by atoms with Crippen molar-refractivity contribution in [2.75, 3.05) is 0 Å². The van der Waals surface area contributed by atoms with Gasteiger partial charge in [-0.2, -0.15) is 4.57 Å². The molecule has 0 saturated heterocycles. The monoisotopic (exact) mass is 327 g/mol. The van der Waals surface area contributed by atoms with Gasteiger partial charge in [0.1, 0.15) is 24.2 Å². The maximum atomic E-state index is 13.4. The van der Waals surface area contributed by atoms with Gasteiger partial charge in [-0.05, 0) is 42.5 Å². The molecule has 0 fully saturated rings. The van der Waals surface area contributed by atoms with E-state index in [9.17, 15) is 4.39 Å². The van der Waals surface area contributed by atoms with Crippen molar-refractivity contribution in [2.24, 2.45) is 0 Å². The third-order valence-electron chi connectivity index (χ3n) is 4.76. The molecule has 0 amide bonds. The molecule has 1 aromatic heterocycles. The van der Waals surface area contributed by atoms with Crippen LogP contribution in [0.4, 0.5) is 4.39 Å². The Morgan fingerprint density at radius 2 is 1.52 bits per heavy atom. The second-order valence-corrected chi connectivity index (χ2v) is 6.30. The highest BCUT2D eigenvalue weighted by Crippen LogP contribution is 2.34. The number of halogens is 1. The number of hydrogen-bond acceptors (Lipinski definition) is 0. The summed E-state index contributed by atoms with van der Waals surface area (Å²) in [5, 5.41) is 0. The summed E-state index contributed by atoms with van der Waals surface area (Å²) in [6, 6.07) is 25.5. The minimum Gasteiger partial charge on any atom is -0.225 e. The van der Waals surface area contributed by atoms with Gasteiger partial charge < -0.3 is 0 Å². The molecule has 0 spiro atoms. The predicted octanol–water partition coefficient (Wildman–Crippen LogP) is 4.60. The Balaban J connectivity index is 1.81. The molecule has 0 N–H and O–H groups in total. The quantitative estimate of drug-likeness (QED) is 0.419. The smallest absolute Gasteiger partial charge is 0.225 e. The van der Waals surface area contributed by atoms with Gasteiger partial charge in [0.2, 0.25) is 0 Å². The van der Waals surface area contributed by atoms with Crippen molar-refractivity contribution in [2.45, 2.75) is 6.54 Å². The van der Waals surface area contributed by atoms with Crippen LogP contribution in [-0.2, 0) is 6.54 Å². The summed E-state index contributed by atoms with van der Waals surface area (Å²) in [5.74, 6) is 0.952. The van der Waals surface area contributed by atoms with Gasteiger partial charge in [-0.25, -0.2) is 8.96 Å². The average Bonchev–Trinajstić information content (AvgIpc) is 3.19. The van der Waals surface area contributed by atoms with Crippen molar-refractivity contribution < 1.29 is 8.96 Å². The van der Waals surface area contributed by atoms with Crippen molar-refractivity contribution in [3.63, 3.8) is 0 Å². The Hall–Kier alpha value is -3.20. The number of fused-ring (bicyclic) bond motifs is 3. The molecule has 2 heterocycles. The second-order valence-electron chi connectivity index (χ2n) is 6.30. The van der Waals surface area contributed by atoms with E-state index in [1.54, 1.807) is 0 Å². The van der Waals surface area contributed by atoms with Crippen LogP contribution in [0.2, 0.25) is 0 Å². The van der Waals surface area contributed by atoms with E-state index in [1.165, 1.54) is 29.1 Å². The maximum absolute atomic E-state index is 13.4. The van der Waals surface area contributed by atoms with Crippen LogP contribution in [0, 0.1) is 5.82 Å². The summed E-state index contributed by atoms with van der Waals surface area (Å²) in [6.45, 7) is 0.861. The lowest BCUT2D eigenvalue weighted by molar-refractivity contribution is -0.670. The van der Waals surface area contributed by atoms with Gasteiger partial charge in [0.15, 0.2) is 5.69 Å². The standard InChI is InChI=1S/C22H16FN2/c23-18-12-10-16(11-13-18)21-15-24-14-17-6-4-5-9-20(17)22(24)25(21)19-7-2-1-3-8-19/h1-13,15H,14H2/q+1. The van der Waals surface area contributed by atoms with E-state index >= 15 is 0 Å². The first kappa shape index (κ1) is 14.2. The number of imidazole rings is 1. The lowest BCUT2D eigenvalue weighted by atomic mass is 10.1. The molecular weight excluding hydrogens is 311 g/mol. The van der Waals surface area contributed by atoms with Gasteiger partial charge in [0.05, 0.1) is 5.56 Å². The number of nitrogens with zero attached hydrogens (tertiary/aromatic N) is 2. The van der Waals surface area contributed by atoms with Crippen molar-refractivity contribution in [3.05, 3.63) is 96.4 Å². The summed E-state index contributed by atoms with van der Waals surface area (Å²) in [6.07, 6.45) is 2.16. The van der Waals surface area contributed by atoms with E-state index < -0.39 is 0 Å². The highest BCUT2D eigenvalue weighted by atomic mass is 19.1. The van der Waals surface area contributed by atoms with E-state index in [0.717, 1.165) is 23.5 Å². The molecule has 25 heavy (non-hydrogen) atoms. The summed E-state index contributed by atoms with van der Waals surface area (Å²) in [4.78, 5) is 0. The normalized spacial score (nSPS) is 12.0. The van der Waals surface area contributed by atoms with Crippen molar-refractivity contribution in [1.82, 2.24) is 4.57 Å². The summed E-state index contributed by atoms with van der Waals surface area (Å²) in [7, 11) is 0. The van der Waals surface area contributed by atoms with Gasteiger partial charge >= 0.3 is 0 Å². The Labute approximate surface area is 145 Å². The van der Waals surface area contributed by atoms with E-state index in [0.29, 0.717) is 0 Å². The van der Waals surface area contributed by atoms with Crippen LogP contribution in [0.3, 0.4) is 0 Å². The van der Waals surface area contributed by atoms with Gasteiger partial charge in [0.25, 0.3) is 5.82 Å². The van der Waals surface area contributed by atoms with Crippen LogP contribution >= 0.6 is 0 Å². The molecule has 0 saturated carbocycles. The molecule has 1 aliphatic heterocycles. The molecule has 1 aliphatic rings. The lowest BCUT2D eigenvalue weighted by Gasteiger charge is -2.05. The fourth-order valence-corrected chi connectivity index (χ4v) is 3.63. The van der Waals surface area contributed by atoms with Crippen LogP contribution < -0.4 is 4.57 Å². The van der Waals surface area contributed by atoms with Crippen LogP contribution in [0.5, 0.6) is 0 Å². The third kappa shape index (κ3) is 2.20. The fourth-order valence-electron chi connectivity index (χ4n) is 3.63. The fraction of sp³-hybridized carbons (Fsp3) is 0.0455. The molecule has 3 aromatic carbocycles. The molecule has 0 unspecified atom stereocenters. The molecular formula is C22H16FN2+. The first-order chi connectivity index (χ1) is 12.3. The molecule has 4 aromatic rings. The Morgan fingerprint density at radius 3 is 2.32 bits per heavy atom. The number of aromatic nitrogens is 2. The Bertz CT molecular complexity index is 1060. The van der Waals surface area contributed by atoms with Crippen LogP contribution in [-0.4, -0.2) is 4.57 Å². The van der Waals surface area contributed by atoms with E-state index in [2.05, 4.69) is 51.7 Å². The first-order valence-corrected chi connectivity index (χ1v) is 8.36. The number of hydrogen-bond donors (Lipinski definition) is 0. The number of rotatable bonds is 2. The van der Waals surface area contributed by atoms with E-state index in [4.69, 9.17) is 0 Å². The minimum absolute atomic E-state index is 0.216. The molecule has 2 nitrogen and oxygen atoms in total. The summed E-state index contributed by atoms with van der Waals surface area (Å²) >= 11 is 0. The molecule has 3 heteroatoms. The second kappa shape index (κ2) is 5.42. The van der Waals surface area contributed by atoms with Crippen molar-refractivity contribution in [1.29, 1.82) is 0 Å². The topological polar surface area (TPSA) is 8.81 Å². The van der Waals surface area contributed by atoms with Crippen LogP contribution in [0.15, 0.2) is 85.1 Å². The predicted molar refractivity (Wildman–Crippen MR) is 95.9 cm³/mol. The zero-order valence-corrected chi connectivity index (χ0v) is 13.6. The molecule has 120 valence electrons. The van der Waals surface area contributed by atoms with Gasteiger partial charge in [-0.3, -0.25) is 0 Å². The third-order valence-corrected chi connectivity index (χ3v) is 4.76. The Kier molecular flexibility index (Phi) is 3.07. The molecule has 0 aliphatic carbocycles. The molecule has 0 atom stereocenters. The molecule has 5 rings (SSSR count). The zero-order valence-electron chi connectivity index (χ0n) is 13.6. The minimum atomic E-state index is -0.216. The molecule has 0 bridgehead atoms. The van der Waals surface area contributed by atoms with Crippen molar-refractivity contribution in [3.8, 4) is 28.3 Å². The van der Waals surface area contributed by atoms with Gasteiger partial charge in [-0.15, -0.1) is 0 Å². The average molecular weight is 327 g/mol. The Morgan fingerprint density at radius 1 is 0.800 bits per heavy atom. The SMILES string of the molecule is Fc1ccc(-c2c[n+]3c(n2-c2ccccc2)-c2ccccc2C3)cc1. The summed E-state index contributed by atoms with van der Waals surface area (Å²) < 4.78 is 17.9.